The summed E-state index contributed by atoms with van der Waals surface area (Å²) < 4.78 is 0.662. The van der Waals surface area contributed by atoms with Crippen molar-refractivity contribution in [1.29, 1.82) is 0 Å². The summed E-state index contributed by atoms with van der Waals surface area (Å²) in [4.78, 5) is 22.0. The van der Waals surface area contributed by atoms with Gasteiger partial charge in [0.05, 0.1) is 11.3 Å². The van der Waals surface area contributed by atoms with Crippen LogP contribution in [0.4, 0.5) is 11.4 Å². The molecule has 0 atom stereocenters. The van der Waals surface area contributed by atoms with Crippen LogP contribution in [-0.2, 0) is 0 Å². The molecule has 6 heteroatoms. The van der Waals surface area contributed by atoms with Gasteiger partial charge in [-0.15, -0.1) is 0 Å². The lowest BCUT2D eigenvalue weighted by molar-refractivity contribution is 0.0696. The molecule has 0 radical (unpaired) electrons. The number of nitrogens with one attached hydrogen (secondary N) is 1. The number of amides is 1. The molecule has 20 heavy (non-hydrogen) atoms. The van der Waals surface area contributed by atoms with E-state index in [1.165, 1.54) is 12.1 Å². The van der Waals surface area contributed by atoms with Crippen molar-refractivity contribution in [3.05, 3.63) is 58.1 Å². The Hall–Kier alpha value is -2.34. The second-order valence-corrected chi connectivity index (χ2v) is 4.92. The van der Waals surface area contributed by atoms with E-state index in [9.17, 15) is 9.59 Å². The molecule has 2 aromatic rings. The van der Waals surface area contributed by atoms with Crippen LogP contribution in [0, 0.1) is 0 Å². The highest BCUT2D eigenvalue weighted by molar-refractivity contribution is 9.10. The molecular weight excluding hydrogens is 324 g/mol. The van der Waals surface area contributed by atoms with Crippen molar-refractivity contribution in [3.8, 4) is 0 Å². The average Bonchev–Trinajstić information content (AvgIpc) is 2.41. The monoisotopic (exact) mass is 334 g/mol. The molecule has 0 saturated heterocycles. The summed E-state index contributed by atoms with van der Waals surface area (Å²) in [6.45, 7) is 0. The van der Waals surface area contributed by atoms with Crippen molar-refractivity contribution in [2.45, 2.75) is 0 Å². The molecule has 0 saturated carbocycles. The molecular formula is C14H11BrN2O3. The van der Waals surface area contributed by atoms with E-state index in [1.54, 1.807) is 30.3 Å². The number of halogens is 1. The predicted octanol–water partition coefficient (Wildman–Crippen LogP) is 2.99. The zero-order valence-corrected chi connectivity index (χ0v) is 11.8. The van der Waals surface area contributed by atoms with E-state index in [1.807, 2.05) is 0 Å². The van der Waals surface area contributed by atoms with Crippen LogP contribution < -0.4 is 11.1 Å². The standard InChI is InChI=1S/C14H11BrN2O3/c15-11-7-8(13(16)18)4-5-12(11)17-10-3-1-2-9(6-10)14(19)20/h1-7,17H,(H2,16,18)(H,19,20). The van der Waals surface area contributed by atoms with Crippen LogP contribution in [0.2, 0.25) is 0 Å². The number of aromatic carboxylic acids is 1. The minimum absolute atomic E-state index is 0.194. The van der Waals surface area contributed by atoms with E-state index in [-0.39, 0.29) is 5.56 Å². The molecule has 4 N–H and O–H groups in total. The Morgan fingerprint density at radius 2 is 1.85 bits per heavy atom. The first-order valence-electron chi connectivity index (χ1n) is 5.67. The summed E-state index contributed by atoms with van der Waals surface area (Å²) in [7, 11) is 0. The van der Waals surface area contributed by atoms with E-state index in [0.717, 1.165) is 0 Å². The van der Waals surface area contributed by atoms with Crippen LogP contribution in [0.25, 0.3) is 0 Å². The lowest BCUT2D eigenvalue weighted by Gasteiger charge is -2.10. The van der Waals surface area contributed by atoms with Gasteiger partial charge in [-0.2, -0.15) is 0 Å². The Morgan fingerprint density at radius 3 is 2.45 bits per heavy atom. The summed E-state index contributed by atoms with van der Waals surface area (Å²) in [6, 6.07) is 11.3. The molecule has 0 bridgehead atoms. The molecule has 1 amide bonds. The van der Waals surface area contributed by atoms with E-state index in [2.05, 4.69) is 21.2 Å². The van der Waals surface area contributed by atoms with Crippen molar-refractivity contribution < 1.29 is 14.7 Å². The molecule has 0 heterocycles. The Labute approximate surface area is 123 Å². The van der Waals surface area contributed by atoms with Crippen molar-refractivity contribution in [2.75, 3.05) is 5.32 Å². The molecule has 0 fully saturated rings. The van der Waals surface area contributed by atoms with Gasteiger partial charge in [0.1, 0.15) is 0 Å². The number of carboxylic acids is 1. The van der Waals surface area contributed by atoms with Gasteiger partial charge < -0.3 is 16.2 Å². The molecule has 0 aliphatic heterocycles. The number of benzene rings is 2. The van der Waals surface area contributed by atoms with Gasteiger partial charge in [0, 0.05) is 15.7 Å². The second kappa shape index (κ2) is 5.75. The number of primary amides is 1. The Bertz CT molecular complexity index is 686. The largest absolute Gasteiger partial charge is 0.478 e. The first-order chi connectivity index (χ1) is 9.47. The highest BCUT2D eigenvalue weighted by Gasteiger charge is 2.07. The van der Waals surface area contributed by atoms with Gasteiger partial charge in [-0.3, -0.25) is 4.79 Å². The number of carboxylic acid groups (broad SMARTS) is 1. The van der Waals surface area contributed by atoms with Crippen molar-refractivity contribution in [2.24, 2.45) is 5.73 Å². The molecule has 0 spiro atoms. The minimum Gasteiger partial charge on any atom is -0.478 e. The maximum atomic E-state index is 11.1. The molecule has 0 aromatic heterocycles. The number of rotatable bonds is 4. The third-order valence-electron chi connectivity index (χ3n) is 2.64. The summed E-state index contributed by atoms with van der Waals surface area (Å²) in [5.41, 5.74) is 7.12. The Morgan fingerprint density at radius 1 is 1.10 bits per heavy atom. The van der Waals surface area contributed by atoms with Crippen LogP contribution >= 0.6 is 15.9 Å². The van der Waals surface area contributed by atoms with Crippen molar-refractivity contribution >= 4 is 39.2 Å². The van der Waals surface area contributed by atoms with E-state index >= 15 is 0 Å². The second-order valence-electron chi connectivity index (χ2n) is 4.07. The molecule has 5 nitrogen and oxygen atoms in total. The van der Waals surface area contributed by atoms with E-state index in [0.29, 0.717) is 21.4 Å². The normalized spacial score (nSPS) is 10.1. The van der Waals surface area contributed by atoms with Crippen LogP contribution in [0.15, 0.2) is 46.9 Å². The maximum Gasteiger partial charge on any atom is 0.335 e. The number of anilines is 2. The highest BCUT2D eigenvalue weighted by Crippen LogP contribution is 2.27. The van der Waals surface area contributed by atoms with Gasteiger partial charge in [-0.1, -0.05) is 6.07 Å². The van der Waals surface area contributed by atoms with Crippen molar-refractivity contribution in [1.82, 2.24) is 0 Å². The summed E-state index contributed by atoms with van der Waals surface area (Å²) in [5, 5.41) is 12.0. The van der Waals surface area contributed by atoms with Crippen LogP contribution in [-0.4, -0.2) is 17.0 Å². The summed E-state index contributed by atoms with van der Waals surface area (Å²) in [5.74, 6) is -1.50. The molecule has 0 aliphatic rings. The zero-order valence-electron chi connectivity index (χ0n) is 10.3. The molecule has 0 aliphatic carbocycles. The lowest BCUT2D eigenvalue weighted by Crippen LogP contribution is -2.10. The summed E-state index contributed by atoms with van der Waals surface area (Å²) in [6.07, 6.45) is 0. The fraction of sp³-hybridized carbons (Fsp3) is 0. The maximum absolute atomic E-state index is 11.1. The first kappa shape index (κ1) is 14.1. The number of nitrogens with two attached hydrogens (primary N) is 1. The fourth-order valence-electron chi connectivity index (χ4n) is 1.66. The quantitative estimate of drug-likeness (QED) is 0.801. The smallest absolute Gasteiger partial charge is 0.335 e. The van der Waals surface area contributed by atoms with Gasteiger partial charge in [0.2, 0.25) is 5.91 Å². The fourth-order valence-corrected chi connectivity index (χ4v) is 2.13. The SMILES string of the molecule is NC(=O)c1ccc(Nc2cccc(C(=O)O)c2)c(Br)c1. The number of carbonyl (C=O) groups is 2. The zero-order chi connectivity index (χ0) is 14.7. The average molecular weight is 335 g/mol. The van der Waals surface area contributed by atoms with Gasteiger partial charge in [-0.05, 0) is 52.3 Å². The Kier molecular flexibility index (Phi) is 4.05. The van der Waals surface area contributed by atoms with E-state index < -0.39 is 11.9 Å². The third-order valence-corrected chi connectivity index (χ3v) is 3.30. The van der Waals surface area contributed by atoms with Crippen LogP contribution in [0.3, 0.4) is 0 Å². The highest BCUT2D eigenvalue weighted by atomic mass is 79.9. The number of hydrogen-bond donors (Lipinski definition) is 3. The lowest BCUT2D eigenvalue weighted by atomic mass is 10.1. The first-order valence-corrected chi connectivity index (χ1v) is 6.46. The van der Waals surface area contributed by atoms with Crippen molar-refractivity contribution in [3.63, 3.8) is 0 Å². The van der Waals surface area contributed by atoms with Gasteiger partial charge in [-0.25, -0.2) is 4.79 Å². The Balaban J connectivity index is 2.28. The minimum atomic E-state index is -0.989. The molecule has 2 aromatic carbocycles. The number of carbonyl (C=O) groups excluding carboxylic acids is 1. The molecule has 2 rings (SSSR count). The molecule has 102 valence electrons. The number of hydrogen-bond acceptors (Lipinski definition) is 3. The van der Waals surface area contributed by atoms with Gasteiger partial charge in [0.25, 0.3) is 0 Å². The van der Waals surface area contributed by atoms with Gasteiger partial charge in [0.15, 0.2) is 0 Å². The van der Waals surface area contributed by atoms with Crippen LogP contribution in [0.1, 0.15) is 20.7 Å². The van der Waals surface area contributed by atoms with Crippen LogP contribution in [0.5, 0.6) is 0 Å². The van der Waals surface area contributed by atoms with Gasteiger partial charge >= 0.3 is 5.97 Å². The third kappa shape index (κ3) is 3.16. The topological polar surface area (TPSA) is 92.4 Å². The summed E-state index contributed by atoms with van der Waals surface area (Å²) >= 11 is 3.33. The molecule has 0 unspecified atom stereocenters. The predicted molar refractivity (Wildman–Crippen MR) is 79.3 cm³/mol. The van der Waals surface area contributed by atoms with E-state index in [4.69, 9.17) is 10.8 Å².